The van der Waals surface area contributed by atoms with Gasteiger partial charge in [0.2, 0.25) is 5.91 Å². The molecule has 1 aromatic rings. The predicted octanol–water partition coefficient (Wildman–Crippen LogP) is 2.13. The number of benzene rings is 1. The van der Waals surface area contributed by atoms with Crippen LogP contribution in [0.1, 0.15) is 30.4 Å². The van der Waals surface area contributed by atoms with Crippen LogP contribution in [0, 0.1) is 0 Å². The Hall–Kier alpha value is -1.35. The second-order valence-electron chi connectivity index (χ2n) is 5.89. The predicted molar refractivity (Wildman–Crippen MR) is 111 cm³/mol. The van der Waals surface area contributed by atoms with Gasteiger partial charge in [0, 0.05) is 53.4 Å². The van der Waals surface area contributed by atoms with Crippen molar-refractivity contribution in [3.05, 3.63) is 35.4 Å². The van der Waals surface area contributed by atoms with Crippen LogP contribution in [-0.4, -0.2) is 50.6 Å². The molecule has 1 aromatic carbocycles. The zero-order valence-electron chi connectivity index (χ0n) is 15.1. The van der Waals surface area contributed by atoms with Crippen molar-refractivity contribution in [3.63, 3.8) is 0 Å². The number of aliphatic imine (C=N–C) groups is 1. The second kappa shape index (κ2) is 12.1. The Labute approximate surface area is 167 Å². The van der Waals surface area contributed by atoms with E-state index in [1.807, 2.05) is 17.0 Å². The van der Waals surface area contributed by atoms with Crippen LogP contribution in [0.5, 0.6) is 0 Å². The van der Waals surface area contributed by atoms with E-state index in [9.17, 15) is 4.79 Å². The highest BCUT2D eigenvalue weighted by Gasteiger charge is 2.22. The van der Waals surface area contributed by atoms with Gasteiger partial charge < -0.3 is 20.3 Å². The van der Waals surface area contributed by atoms with Gasteiger partial charge in [0.25, 0.3) is 0 Å². The van der Waals surface area contributed by atoms with Gasteiger partial charge >= 0.3 is 0 Å². The highest BCUT2D eigenvalue weighted by atomic mass is 127. The zero-order chi connectivity index (χ0) is 17.2. The Bertz CT molecular complexity index is 541. The molecule has 1 heterocycles. The van der Waals surface area contributed by atoms with Gasteiger partial charge in [-0.3, -0.25) is 9.79 Å². The molecule has 2 rings (SSSR count). The largest absolute Gasteiger partial charge is 0.385 e. The van der Waals surface area contributed by atoms with Gasteiger partial charge in [0.1, 0.15) is 0 Å². The molecule has 1 amide bonds. The number of amides is 1. The summed E-state index contributed by atoms with van der Waals surface area (Å²) in [6.07, 6.45) is 2.29. The SMILES string of the molecule is CN=C(NCCCOC)NCCCC(=O)N1Cc2ccccc2C1.I. The van der Waals surface area contributed by atoms with Gasteiger partial charge in [-0.2, -0.15) is 0 Å². The smallest absolute Gasteiger partial charge is 0.223 e. The lowest BCUT2D eigenvalue weighted by Crippen LogP contribution is -2.38. The fraction of sp³-hybridized carbons (Fsp3) is 0.556. The van der Waals surface area contributed by atoms with E-state index in [0.717, 1.165) is 51.6 Å². The molecule has 0 aromatic heterocycles. The van der Waals surface area contributed by atoms with E-state index in [1.54, 1.807) is 14.2 Å². The Balaban J connectivity index is 0.00000312. The molecule has 0 fully saturated rings. The number of methoxy groups -OCH3 is 1. The molecule has 140 valence electrons. The summed E-state index contributed by atoms with van der Waals surface area (Å²) in [5, 5.41) is 6.46. The number of hydrogen-bond donors (Lipinski definition) is 2. The number of nitrogens with one attached hydrogen (secondary N) is 2. The number of guanidine groups is 1. The first-order valence-corrected chi connectivity index (χ1v) is 8.52. The molecule has 1 aliphatic heterocycles. The molecule has 0 aliphatic carbocycles. The number of carbonyl (C=O) groups excluding carboxylic acids is 1. The van der Waals surface area contributed by atoms with Crippen molar-refractivity contribution in [2.24, 2.45) is 4.99 Å². The molecule has 0 spiro atoms. The maximum absolute atomic E-state index is 12.3. The molecule has 2 N–H and O–H groups in total. The standard InChI is InChI=1S/C18H28N4O2.HI/c1-19-18(21-11-6-12-24-2)20-10-5-9-17(23)22-13-15-7-3-4-8-16(15)14-22;/h3-4,7-8H,5-6,9-14H2,1-2H3,(H2,19,20,21);1H. The minimum Gasteiger partial charge on any atom is -0.385 e. The van der Waals surface area contributed by atoms with E-state index in [1.165, 1.54) is 11.1 Å². The molecule has 1 aliphatic rings. The average Bonchev–Trinajstić information content (AvgIpc) is 3.04. The Morgan fingerprint density at radius 2 is 1.76 bits per heavy atom. The molecular formula is C18H29IN4O2. The van der Waals surface area contributed by atoms with E-state index in [-0.39, 0.29) is 29.9 Å². The summed E-state index contributed by atoms with van der Waals surface area (Å²) in [5.41, 5.74) is 2.54. The third kappa shape index (κ3) is 7.19. The Morgan fingerprint density at radius 1 is 1.16 bits per heavy atom. The molecule has 0 atom stereocenters. The van der Waals surface area contributed by atoms with Crippen molar-refractivity contribution in [3.8, 4) is 0 Å². The number of nitrogens with zero attached hydrogens (tertiary/aromatic N) is 2. The molecule has 0 bridgehead atoms. The molecule has 0 saturated heterocycles. The summed E-state index contributed by atoms with van der Waals surface area (Å²) in [5.74, 6) is 0.989. The molecule has 7 heteroatoms. The third-order valence-electron chi connectivity index (χ3n) is 4.09. The monoisotopic (exact) mass is 460 g/mol. The minimum atomic E-state index is 0. The summed E-state index contributed by atoms with van der Waals surface area (Å²) in [7, 11) is 3.45. The van der Waals surface area contributed by atoms with E-state index >= 15 is 0 Å². The van der Waals surface area contributed by atoms with Gasteiger partial charge in [0.15, 0.2) is 5.96 Å². The first kappa shape index (κ1) is 21.7. The summed E-state index contributed by atoms with van der Waals surface area (Å²) < 4.78 is 5.01. The van der Waals surface area contributed by atoms with Gasteiger partial charge in [-0.25, -0.2) is 0 Å². The number of rotatable bonds is 8. The molecule has 0 unspecified atom stereocenters. The summed E-state index contributed by atoms with van der Waals surface area (Å²) in [6.45, 7) is 3.77. The van der Waals surface area contributed by atoms with Crippen LogP contribution in [0.4, 0.5) is 0 Å². The Morgan fingerprint density at radius 3 is 2.32 bits per heavy atom. The maximum atomic E-state index is 12.3. The number of hydrogen-bond acceptors (Lipinski definition) is 3. The van der Waals surface area contributed by atoms with Crippen LogP contribution in [0.2, 0.25) is 0 Å². The third-order valence-corrected chi connectivity index (χ3v) is 4.09. The lowest BCUT2D eigenvalue weighted by atomic mass is 10.1. The van der Waals surface area contributed by atoms with Crippen LogP contribution >= 0.6 is 24.0 Å². The first-order valence-electron chi connectivity index (χ1n) is 8.52. The van der Waals surface area contributed by atoms with Crippen molar-refractivity contribution in [2.45, 2.75) is 32.4 Å². The van der Waals surface area contributed by atoms with Crippen molar-refractivity contribution in [2.75, 3.05) is 33.9 Å². The van der Waals surface area contributed by atoms with Gasteiger partial charge in [0.05, 0.1) is 0 Å². The van der Waals surface area contributed by atoms with Crippen molar-refractivity contribution < 1.29 is 9.53 Å². The first-order chi connectivity index (χ1) is 11.7. The zero-order valence-corrected chi connectivity index (χ0v) is 17.4. The van der Waals surface area contributed by atoms with Crippen LogP contribution in [0.25, 0.3) is 0 Å². The fourth-order valence-corrected chi connectivity index (χ4v) is 2.76. The fourth-order valence-electron chi connectivity index (χ4n) is 2.76. The van der Waals surface area contributed by atoms with Crippen LogP contribution in [-0.2, 0) is 22.6 Å². The van der Waals surface area contributed by atoms with Crippen LogP contribution in [0.15, 0.2) is 29.3 Å². The van der Waals surface area contributed by atoms with Crippen LogP contribution in [0.3, 0.4) is 0 Å². The van der Waals surface area contributed by atoms with Gasteiger partial charge in [-0.15, -0.1) is 24.0 Å². The van der Waals surface area contributed by atoms with E-state index in [0.29, 0.717) is 6.42 Å². The summed E-state index contributed by atoms with van der Waals surface area (Å²) in [6, 6.07) is 8.26. The number of fused-ring (bicyclic) bond motifs is 1. The van der Waals surface area contributed by atoms with E-state index < -0.39 is 0 Å². The molecule has 25 heavy (non-hydrogen) atoms. The molecule has 0 saturated carbocycles. The van der Waals surface area contributed by atoms with E-state index in [4.69, 9.17) is 4.74 Å². The average molecular weight is 460 g/mol. The highest BCUT2D eigenvalue weighted by molar-refractivity contribution is 14.0. The van der Waals surface area contributed by atoms with Crippen LogP contribution < -0.4 is 10.6 Å². The normalized spacial score (nSPS) is 13.2. The summed E-state index contributed by atoms with van der Waals surface area (Å²) >= 11 is 0. The van der Waals surface area contributed by atoms with E-state index in [2.05, 4.69) is 27.8 Å². The molecule has 0 radical (unpaired) electrons. The number of halogens is 1. The second-order valence-corrected chi connectivity index (χ2v) is 5.89. The Kier molecular flexibility index (Phi) is 10.5. The quantitative estimate of drug-likeness (QED) is 0.270. The van der Waals surface area contributed by atoms with Gasteiger partial charge in [-0.1, -0.05) is 24.3 Å². The number of ether oxygens (including phenoxy) is 1. The maximum Gasteiger partial charge on any atom is 0.223 e. The highest BCUT2D eigenvalue weighted by Crippen LogP contribution is 2.22. The van der Waals surface area contributed by atoms with Crippen molar-refractivity contribution in [1.82, 2.24) is 15.5 Å². The number of carbonyl (C=O) groups is 1. The van der Waals surface area contributed by atoms with Gasteiger partial charge in [-0.05, 0) is 24.0 Å². The minimum absolute atomic E-state index is 0. The molecular weight excluding hydrogens is 431 g/mol. The van der Waals surface area contributed by atoms with Crippen molar-refractivity contribution >= 4 is 35.8 Å². The van der Waals surface area contributed by atoms with Crippen molar-refractivity contribution in [1.29, 1.82) is 0 Å². The summed E-state index contributed by atoms with van der Waals surface area (Å²) in [4.78, 5) is 18.4. The lowest BCUT2D eigenvalue weighted by Gasteiger charge is -2.16. The lowest BCUT2D eigenvalue weighted by molar-refractivity contribution is -0.131. The molecule has 6 nitrogen and oxygen atoms in total. The topological polar surface area (TPSA) is 66.0 Å².